The molecule has 2 aromatic rings. The minimum atomic E-state index is -1.62. The maximum Gasteiger partial charge on any atom is 0.325 e. The van der Waals surface area contributed by atoms with Crippen LogP contribution >= 0.6 is 11.8 Å². The number of thioether (sulfide) groups is 1. The first kappa shape index (κ1) is 26.7. The molecule has 13 nitrogen and oxygen atoms in total. The molecule has 0 aliphatic carbocycles. The van der Waals surface area contributed by atoms with Gasteiger partial charge in [-0.3, -0.25) is 0 Å². The Kier molecular flexibility index (Phi) is 8.68. The normalized spacial score (nSPS) is 38.9. The van der Waals surface area contributed by atoms with Gasteiger partial charge < -0.3 is 45.2 Å². The van der Waals surface area contributed by atoms with Gasteiger partial charge in [0.25, 0.3) is 0 Å². The van der Waals surface area contributed by atoms with E-state index in [1.807, 2.05) is 0 Å². The van der Waals surface area contributed by atoms with Crippen LogP contribution in [0.5, 0.6) is 0 Å². The van der Waals surface area contributed by atoms with E-state index < -0.39 is 84.0 Å². The van der Waals surface area contributed by atoms with Crippen LogP contribution in [0.1, 0.15) is 6.04 Å². The molecule has 0 amide bonds. The van der Waals surface area contributed by atoms with Gasteiger partial charge in [-0.15, -0.1) is 0 Å². The van der Waals surface area contributed by atoms with Crippen molar-refractivity contribution < 1.29 is 49.8 Å². The van der Waals surface area contributed by atoms with Gasteiger partial charge in [-0.05, 0) is 12.1 Å². The molecule has 194 valence electrons. The molecule has 1 aromatic carbocycles. The third-order valence-electron chi connectivity index (χ3n) is 5.92. The number of ether oxygens (including phenoxy) is 2. The van der Waals surface area contributed by atoms with Gasteiger partial charge in [0, 0.05) is 0 Å². The summed E-state index contributed by atoms with van der Waals surface area (Å²) in [6.07, 6.45) is -8.54. The van der Waals surface area contributed by atoms with E-state index in [2.05, 4.69) is 10.3 Å². The average molecular weight is 535 g/mol. The molecule has 2 aliphatic heterocycles. The molecule has 8 N–H and O–H groups in total. The number of benzene rings is 1. The van der Waals surface area contributed by atoms with Gasteiger partial charge in [-0.1, -0.05) is 40.3 Å². The van der Waals surface area contributed by atoms with E-state index in [0.717, 1.165) is 11.8 Å². The Hall–Kier alpha value is -1.34. The van der Waals surface area contributed by atoms with E-state index in [4.69, 9.17) is 9.47 Å². The molecule has 11 atom stereocenters. The van der Waals surface area contributed by atoms with Crippen LogP contribution < -0.4 is 0 Å². The largest absolute Gasteiger partial charge is 0.394 e. The zero-order valence-corrected chi connectivity index (χ0v) is 19.8. The van der Waals surface area contributed by atoms with E-state index >= 15 is 0 Å². The lowest BCUT2D eigenvalue weighted by atomic mass is 9.97. The third kappa shape index (κ3) is 5.36. The van der Waals surface area contributed by atoms with Gasteiger partial charge in [0.2, 0.25) is 11.2 Å². The minimum absolute atomic E-state index is 0.195. The Morgan fingerprint density at radius 2 is 1.43 bits per heavy atom. The fourth-order valence-electron chi connectivity index (χ4n) is 3.97. The quantitative estimate of drug-likeness (QED) is 0.170. The summed E-state index contributed by atoms with van der Waals surface area (Å²) in [6, 6.07) is 7.60. The fraction of sp³-hybridized carbons (Fsp3) is 0.600. The summed E-state index contributed by atoms with van der Waals surface area (Å²) in [5.74, 6) is 0. The van der Waals surface area contributed by atoms with Crippen LogP contribution in [-0.4, -0.2) is 122 Å². The molecule has 0 radical (unpaired) electrons. The highest BCUT2D eigenvalue weighted by Crippen LogP contribution is 2.39. The molecule has 3 heterocycles. The van der Waals surface area contributed by atoms with Crippen molar-refractivity contribution in [1.82, 2.24) is 15.0 Å². The van der Waals surface area contributed by atoms with Crippen LogP contribution in [0.25, 0.3) is 0 Å². The lowest BCUT2D eigenvalue weighted by molar-refractivity contribution is -0.208. The van der Waals surface area contributed by atoms with Crippen molar-refractivity contribution in [2.45, 2.75) is 69.6 Å². The minimum Gasteiger partial charge on any atom is -0.394 e. The second-order valence-electron chi connectivity index (χ2n) is 8.17. The van der Waals surface area contributed by atoms with Gasteiger partial charge >= 0.3 is 5.03 Å². The van der Waals surface area contributed by atoms with Crippen molar-refractivity contribution in [2.24, 2.45) is 0 Å². The lowest BCUT2D eigenvalue weighted by Crippen LogP contribution is -2.59. The van der Waals surface area contributed by atoms with Gasteiger partial charge in [0.1, 0.15) is 65.8 Å². The van der Waals surface area contributed by atoms with Crippen molar-refractivity contribution >= 4 is 22.9 Å². The lowest BCUT2D eigenvalue weighted by Gasteiger charge is -2.45. The van der Waals surface area contributed by atoms with Crippen molar-refractivity contribution in [1.29, 1.82) is 0 Å². The maximum atomic E-state index is 11.1. The highest BCUT2D eigenvalue weighted by molar-refractivity contribution is 8.00. The first-order valence-electron chi connectivity index (χ1n) is 10.8. The molecule has 4 rings (SSSR count). The molecule has 2 aliphatic rings. The Bertz CT molecular complexity index is 956. The average Bonchev–Trinajstić information content (AvgIpc) is 3.35. The molecule has 0 spiro atoms. The highest BCUT2D eigenvalue weighted by atomic mass is 32.2. The second-order valence-corrected chi connectivity index (χ2v) is 10.8. The second kappa shape index (κ2) is 11.4. The van der Waals surface area contributed by atoms with Crippen LogP contribution in [0.15, 0.2) is 46.5 Å². The first-order chi connectivity index (χ1) is 16.8. The van der Waals surface area contributed by atoms with Crippen LogP contribution in [0.4, 0.5) is 0 Å². The van der Waals surface area contributed by atoms with Gasteiger partial charge in [-0.2, -0.15) is 4.55 Å². The molecular weight excluding hydrogens is 506 g/mol. The third-order valence-corrected chi connectivity index (χ3v) is 8.54. The van der Waals surface area contributed by atoms with E-state index in [-0.39, 0.29) is 5.03 Å². The fourth-order valence-corrected chi connectivity index (χ4v) is 6.27. The zero-order valence-electron chi connectivity index (χ0n) is 18.2. The Labute approximate surface area is 207 Å². The molecule has 1 unspecified atom stereocenters. The number of aliphatic hydroxyl groups excluding tert-OH is 7. The summed E-state index contributed by atoms with van der Waals surface area (Å²) < 4.78 is 22.9. The highest BCUT2D eigenvalue weighted by Gasteiger charge is 2.50. The summed E-state index contributed by atoms with van der Waals surface area (Å²) in [4.78, 5) is 0.594. The van der Waals surface area contributed by atoms with Crippen molar-refractivity contribution in [3.05, 3.63) is 36.5 Å². The Morgan fingerprint density at radius 1 is 0.829 bits per heavy atom. The molecule has 2 fully saturated rings. The van der Waals surface area contributed by atoms with Crippen molar-refractivity contribution in [3.8, 4) is 0 Å². The summed E-state index contributed by atoms with van der Waals surface area (Å²) in [6.45, 7) is -1.23. The number of aliphatic hydroxyl groups is 7. The Morgan fingerprint density at radius 3 is 2.06 bits per heavy atom. The van der Waals surface area contributed by atoms with Gasteiger partial charge in [0.15, 0.2) is 4.90 Å². The Balaban J connectivity index is 1.55. The van der Waals surface area contributed by atoms with E-state index in [1.165, 1.54) is 10.9 Å². The number of hydrogen-bond donors (Lipinski definition) is 8. The van der Waals surface area contributed by atoms with Crippen molar-refractivity contribution in [3.63, 3.8) is 0 Å². The predicted molar refractivity (Wildman–Crippen MR) is 121 cm³/mol. The van der Waals surface area contributed by atoms with Crippen LogP contribution in [0.2, 0.25) is 0 Å². The summed E-state index contributed by atoms with van der Waals surface area (Å²) in [5, 5.41) is 79.5. The number of rotatable bonds is 7. The summed E-state index contributed by atoms with van der Waals surface area (Å²) in [7, 11) is 0. The monoisotopic (exact) mass is 534 g/mol. The van der Waals surface area contributed by atoms with Crippen LogP contribution in [0, 0.1) is 0 Å². The van der Waals surface area contributed by atoms with E-state index in [0.29, 0.717) is 4.90 Å². The van der Waals surface area contributed by atoms with E-state index in [9.17, 15) is 40.3 Å². The molecule has 15 heteroatoms. The predicted octanol–water partition coefficient (Wildman–Crippen LogP) is -2.70. The molecule has 0 bridgehead atoms. The zero-order chi connectivity index (χ0) is 25.3. The standard InChI is InChI=1S/C20H28N3O10S2/c24-7-10-14(26)13(23-6-12(21-22-23)35(31)9-4-2-1-3-5-9)16(28)19(32-10)34-20-18(30)17(29)15(27)11(8-25)33-20/h1-6,10-11,13-20,24-31H,7-8H2/q+1/t10-,11-,13+,14+,15-,16-,17+,18-,19+,20+,35?/m1/s1. The number of aromatic nitrogens is 3. The molecule has 35 heavy (non-hydrogen) atoms. The molecule has 2 saturated heterocycles. The molecular formula is C20H28N3O10S2+. The smallest absolute Gasteiger partial charge is 0.325 e. The molecule has 1 aromatic heterocycles. The van der Waals surface area contributed by atoms with Crippen LogP contribution in [0.3, 0.4) is 0 Å². The first-order valence-corrected chi connectivity index (χ1v) is 12.9. The summed E-state index contributed by atoms with van der Waals surface area (Å²) in [5.41, 5.74) is -2.40. The van der Waals surface area contributed by atoms with E-state index in [1.54, 1.807) is 30.3 Å². The maximum absolute atomic E-state index is 11.1. The van der Waals surface area contributed by atoms with Crippen molar-refractivity contribution in [2.75, 3.05) is 13.2 Å². The van der Waals surface area contributed by atoms with Crippen LogP contribution in [-0.2, 0) is 20.6 Å². The number of hydrogen-bond acceptors (Lipinski definition) is 13. The number of nitrogens with zero attached hydrogens (tertiary/aromatic N) is 3. The SMILES string of the molecule is OC[C@H]1O[C@@H](S[C@@H]2O[C@H](CO)[C@@H](O)[C@H](O)[C@H]2O)[C@H](O)[C@@H](n2cc([S+](O)c3ccccc3)nn2)[C@H]1O. The topological polar surface area (TPSA) is 211 Å². The molecule has 0 saturated carbocycles. The van der Waals surface area contributed by atoms with Gasteiger partial charge in [0.05, 0.1) is 13.2 Å². The van der Waals surface area contributed by atoms with Gasteiger partial charge in [-0.25, -0.2) is 4.68 Å². The summed E-state index contributed by atoms with van der Waals surface area (Å²) >= 11 is -0.663.